The van der Waals surface area contributed by atoms with Crippen LogP contribution in [0.25, 0.3) is 11.3 Å². The predicted molar refractivity (Wildman–Crippen MR) is 141 cm³/mol. The van der Waals surface area contributed by atoms with E-state index in [1.54, 1.807) is 18.3 Å². The summed E-state index contributed by atoms with van der Waals surface area (Å²) in [4.78, 5) is 21.6. The molecule has 5 heterocycles. The number of anilines is 4. The van der Waals surface area contributed by atoms with E-state index in [9.17, 15) is 13.2 Å². The van der Waals surface area contributed by atoms with E-state index in [0.717, 1.165) is 31.8 Å². The van der Waals surface area contributed by atoms with E-state index in [4.69, 9.17) is 15.2 Å². The summed E-state index contributed by atoms with van der Waals surface area (Å²) in [7, 11) is 0. The number of nitrogen functional groups attached to an aromatic ring is 1. The highest BCUT2D eigenvalue weighted by Crippen LogP contribution is 2.38. The van der Waals surface area contributed by atoms with Crippen LogP contribution in [-0.2, 0) is 10.9 Å². The number of nitrogens with zero attached hydrogens (tertiary/aromatic N) is 6. The van der Waals surface area contributed by atoms with E-state index in [1.807, 2.05) is 4.90 Å². The molecule has 3 N–H and O–H groups in total. The average Bonchev–Trinajstić information content (AvgIpc) is 3.38. The van der Waals surface area contributed by atoms with Crippen LogP contribution in [-0.4, -0.2) is 76.4 Å². The largest absolute Gasteiger partial charge is 0.473 e. The molecule has 208 valence electrons. The summed E-state index contributed by atoms with van der Waals surface area (Å²) in [5.74, 6) is 0.878. The number of rotatable bonds is 7. The van der Waals surface area contributed by atoms with Crippen LogP contribution in [0, 0.1) is 0 Å². The van der Waals surface area contributed by atoms with Gasteiger partial charge in [0.25, 0.3) is 0 Å². The first kappa shape index (κ1) is 26.9. The fourth-order valence-electron chi connectivity index (χ4n) is 4.61. The average molecular weight is 545 g/mol. The van der Waals surface area contributed by atoms with Gasteiger partial charge in [0.1, 0.15) is 17.7 Å². The van der Waals surface area contributed by atoms with Gasteiger partial charge in [0.05, 0.1) is 36.4 Å². The Labute approximate surface area is 224 Å². The van der Waals surface area contributed by atoms with E-state index in [0.29, 0.717) is 49.7 Å². The maximum Gasteiger partial charge on any atom is 0.417 e. The Morgan fingerprint density at radius 1 is 1.08 bits per heavy atom. The van der Waals surface area contributed by atoms with Gasteiger partial charge in [-0.05, 0) is 32.4 Å². The minimum Gasteiger partial charge on any atom is -0.473 e. The van der Waals surface area contributed by atoms with Crippen molar-refractivity contribution in [2.75, 3.05) is 55.3 Å². The minimum absolute atomic E-state index is 0.0673. The number of pyridine rings is 2. The van der Waals surface area contributed by atoms with Gasteiger partial charge in [-0.3, -0.25) is 4.90 Å². The van der Waals surface area contributed by atoms with Gasteiger partial charge < -0.3 is 25.4 Å². The first-order chi connectivity index (χ1) is 18.7. The molecule has 10 nitrogen and oxygen atoms in total. The van der Waals surface area contributed by atoms with Crippen LogP contribution in [0.2, 0.25) is 0 Å². The predicted octanol–water partition coefficient (Wildman–Crippen LogP) is 3.98. The molecule has 39 heavy (non-hydrogen) atoms. The SMILES string of the molecule is CC(C)N1CC[C@@H](Oc2ccc(Nc3cc(-c4cnc(N)cc4C(F)(F)F)nc(N4CCOCC4)n3)cn2)C1. The van der Waals surface area contributed by atoms with Crippen LogP contribution in [0.1, 0.15) is 25.8 Å². The Balaban J connectivity index is 1.41. The van der Waals surface area contributed by atoms with Crippen molar-refractivity contribution < 1.29 is 22.6 Å². The lowest BCUT2D eigenvalue weighted by molar-refractivity contribution is -0.137. The van der Waals surface area contributed by atoms with Crippen LogP contribution in [0.4, 0.5) is 36.4 Å². The number of hydrogen-bond donors (Lipinski definition) is 2. The third kappa shape index (κ3) is 6.48. The van der Waals surface area contributed by atoms with E-state index in [-0.39, 0.29) is 29.1 Å². The van der Waals surface area contributed by atoms with Crippen molar-refractivity contribution in [1.82, 2.24) is 24.8 Å². The van der Waals surface area contributed by atoms with E-state index < -0.39 is 11.7 Å². The molecule has 2 fully saturated rings. The summed E-state index contributed by atoms with van der Waals surface area (Å²) in [6, 6.07) is 6.29. The van der Waals surface area contributed by atoms with Gasteiger partial charge in [-0.25, -0.2) is 15.0 Å². The second kappa shape index (κ2) is 11.2. The molecule has 2 aliphatic rings. The number of alkyl halides is 3. The summed E-state index contributed by atoms with van der Waals surface area (Å²) < 4.78 is 53.1. The van der Waals surface area contributed by atoms with Crippen molar-refractivity contribution in [1.29, 1.82) is 0 Å². The van der Waals surface area contributed by atoms with Crippen molar-refractivity contribution in [2.45, 2.75) is 38.6 Å². The Morgan fingerprint density at radius 3 is 2.54 bits per heavy atom. The highest BCUT2D eigenvalue weighted by atomic mass is 19.4. The fraction of sp³-hybridized carbons (Fsp3) is 0.462. The number of nitrogens with one attached hydrogen (secondary N) is 1. The molecule has 13 heteroatoms. The number of likely N-dealkylation sites (tertiary alicyclic amines) is 1. The van der Waals surface area contributed by atoms with Gasteiger partial charge in [0.2, 0.25) is 11.8 Å². The number of morpholine rings is 1. The molecular weight excluding hydrogens is 513 g/mol. The number of aromatic nitrogens is 4. The second-order valence-corrected chi connectivity index (χ2v) is 9.82. The fourth-order valence-corrected chi connectivity index (χ4v) is 4.61. The first-order valence-electron chi connectivity index (χ1n) is 12.8. The summed E-state index contributed by atoms with van der Waals surface area (Å²) in [5.41, 5.74) is 5.13. The topological polar surface area (TPSA) is 115 Å². The molecule has 0 bridgehead atoms. The Bertz CT molecular complexity index is 1280. The molecule has 1 atom stereocenters. The Kier molecular flexibility index (Phi) is 7.71. The summed E-state index contributed by atoms with van der Waals surface area (Å²) in [6.45, 7) is 8.13. The van der Waals surface area contributed by atoms with Gasteiger partial charge >= 0.3 is 6.18 Å². The second-order valence-electron chi connectivity index (χ2n) is 9.82. The minimum atomic E-state index is -4.64. The monoisotopic (exact) mass is 544 g/mol. The molecule has 5 rings (SSSR count). The maximum absolute atomic E-state index is 13.9. The third-order valence-corrected chi connectivity index (χ3v) is 6.72. The van der Waals surface area contributed by atoms with Crippen LogP contribution in [0.5, 0.6) is 5.88 Å². The van der Waals surface area contributed by atoms with E-state index >= 15 is 0 Å². The van der Waals surface area contributed by atoms with Gasteiger partial charge in [-0.1, -0.05) is 0 Å². The number of hydrogen-bond acceptors (Lipinski definition) is 10. The molecule has 0 aliphatic carbocycles. The lowest BCUT2D eigenvalue weighted by Gasteiger charge is -2.27. The van der Waals surface area contributed by atoms with Gasteiger partial charge in [0, 0.05) is 56.1 Å². The third-order valence-electron chi connectivity index (χ3n) is 6.72. The summed E-state index contributed by atoms with van der Waals surface area (Å²) in [5, 5.41) is 3.14. The van der Waals surface area contributed by atoms with Gasteiger partial charge in [-0.15, -0.1) is 0 Å². The van der Waals surface area contributed by atoms with Gasteiger partial charge in [0.15, 0.2) is 0 Å². The van der Waals surface area contributed by atoms with Crippen LogP contribution < -0.4 is 20.7 Å². The molecule has 0 aromatic carbocycles. The summed E-state index contributed by atoms with van der Waals surface area (Å²) in [6.07, 6.45) is -0.934. The highest BCUT2D eigenvalue weighted by molar-refractivity contribution is 5.71. The van der Waals surface area contributed by atoms with E-state index in [2.05, 4.69) is 44.0 Å². The zero-order chi connectivity index (χ0) is 27.6. The molecule has 3 aromatic rings. The number of halogens is 3. The molecule has 0 radical (unpaired) electrons. The van der Waals surface area contributed by atoms with Crippen molar-refractivity contribution in [3.63, 3.8) is 0 Å². The normalized spacial score (nSPS) is 18.5. The molecule has 0 saturated carbocycles. The smallest absolute Gasteiger partial charge is 0.417 e. The standard InChI is InChI=1S/C26H31F3N8O2/c1-16(2)37-6-5-18(15-37)39-24-4-3-17(13-32-24)33-23-12-21(34-25(35-23)36-7-9-38-10-8-36)19-14-31-22(30)11-20(19)26(27,28)29/h3-4,11-14,16,18H,5-10,15H2,1-2H3,(H2,30,31)(H,33,34,35)/t18-/m1/s1. The zero-order valence-corrected chi connectivity index (χ0v) is 21.8. The van der Waals surface area contributed by atoms with Crippen LogP contribution in [0.3, 0.4) is 0 Å². The highest BCUT2D eigenvalue weighted by Gasteiger charge is 2.35. The number of nitrogens with two attached hydrogens (primary N) is 1. The number of ether oxygens (including phenoxy) is 2. The zero-order valence-electron chi connectivity index (χ0n) is 21.8. The molecule has 2 aliphatic heterocycles. The molecular formula is C26H31F3N8O2. The summed E-state index contributed by atoms with van der Waals surface area (Å²) >= 11 is 0. The van der Waals surface area contributed by atoms with Crippen molar-refractivity contribution in [2.24, 2.45) is 0 Å². The quantitative estimate of drug-likeness (QED) is 0.453. The van der Waals surface area contributed by atoms with Crippen molar-refractivity contribution in [3.05, 3.63) is 42.2 Å². The van der Waals surface area contributed by atoms with Gasteiger partial charge in [-0.2, -0.15) is 18.2 Å². The molecule has 3 aromatic heterocycles. The first-order valence-corrected chi connectivity index (χ1v) is 12.8. The lowest BCUT2D eigenvalue weighted by atomic mass is 10.1. The Hall–Kier alpha value is -3.71. The molecule has 0 amide bonds. The van der Waals surface area contributed by atoms with Crippen LogP contribution >= 0.6 is 0 Å². The molecule has 0 unspecified atom stereocenters. The molecule has 0 spiro atoms. The van der Waals surface area contributed by atoms with Crippen molar-refractivity contribution >= 4 is 23.3 Å². The van der Waals surface area contributed by atoms with Crippen molar-refractivity contribution in [3.8, 4) is 17.1 Å². The maximum atomic E-state index is 13.9. The van der Waals surface area contributed by atoms with Crippen LogP contribution in [0.15, 0.2) is 36.7 Å². The van der Waals surface area contributed by atoms with E-state index in [1.165, 1.54) is 6.07 Å². The lowest BCUT2D eigenvalue weighted by Crippen LogP contribution is -2.37. The molecule has 2 saturated heterocycles. The Morgan fingerprint density at radius 2 is 1.87 bits per heavy atom.